The van der Waals surface area contributed by atoms with Crippen LogP contribution in [-0.4, -0.2) is 18.5 Å². The molecule has 1 heterocycles. The summed E-state index contributed by atoms with van der Waals surface area (Å²) < 4.78 is 61.6. The van der Waals surface area contributed by atoms with Crippen molar-refractivity contribution in [2.45, 2.75) is 24.3 Å². The van der Waals surface area contributed by atoms with E-state index >= 15 is 0 Å². The number of rotatable bonds is 2. The van der Waals surface area contributed by atoms with Gasteiger partial charge >= 0.3 is 5.51 Å². The van der Waals surface area contributed by atoms with Crippen LogP contribution in [0.5, 0.6) is 0 Å². The van der Waals surface area contributed by atoms with Crippen molar-refractivity contribution < 1.29 is 21.6 Å². The summed E-state index contributed by atoms with van der Waals surface area (Å²) in [6.45, 7) is 3.71. The van der Waals surface area contributed by atoms with Crippen molar-refractivity contribution in [1.29, 1.82) is 0 Å². The highest BCUT2D eigenvalue weighted by Gasteiger charge is 2.46. The molecule has 0 N–H and O–H groups in total. The zero-order valence-corrected chi connectivity index (χ0v) is 11.6. The van der Waals surface area contributed by atoms with Crippen LogP contribution in [0.2, 0.25) is 0 Å². The summed E-state index contributed by atoms with van der Waals surface area (Å²) in [5.74, 6) is 0. The molecule has 3 nitrogen and oxygen atoms in total. The van der Waals surface area contributed by atoms with Crippen LogP contribution in [0.3, 0.4) is 0 Å². The number of halogens is 3. The average Bonchev–Trinajstić information content (AvgIpc) is 2.68. The number of benzene rings is 1. The molecule has 0 saturated carbocycles. The Bertz CT molecular complexity index is 708. The third-order valence-corrected chi connectivity index (χ3v) is 4.48. The van der Waals surface area contributed by atoms with Gasteiger partial charge in [0.2, 0.25) is 0 Å². The molecule has 0 atom stereocenters. The Morgan fingerprint density at radius 1 is 0.900 bits per heavy atom. The van der Waals surface area contributed by atoms with Crippen molar-refractivity contribution >= 4 is 9.84 Å². The molecule has 0 unspecified atom stereocenters. The molecule has 0 aliphatic carbocycles. The smallest absolute Gasteiger partial charge is 0.319 e. The van der Waals surface area contributed by atoms with Crippen LogP contribution in [-0.2, 0) is 9.84 Å². The lowest BCUT2D eigenvalue weighted by molar-refractivity contribution is -0.0436. The number of hydrogen-bond donors (Lipinski definition) is 0. The number of sulfone groups is 1. The van der Waals surface area contributed by atoms with Crippen LogP contribution < -0.4 is 0 Å². The fourth-order valence-corrected chi connectivity index (χ4v) is 2.75. The molecule has 0 fully saturated rings. The normalized spacial score (nSPS) is 12.7. The van der Waals surface area contributed by atoms with E-state index in [-0.39, 0.29) is 0 Å². The lowest BCUT2D eigenvalue weighted by atomic mass is 10.3. The van der Waals surface area contributed by atoms with Gasteiger partial charge in [0.15, 0.2) is 0 Å². The van der Waals surface area contributed by atoms with E-state index < -0.39 is 20.2 Å². The van der Waals surface area contributed by atoms with Crippen LogP contribution in [0.15, 0.2) is 41.3 Å². The SMILES string of the molecule is Cc1ccc(C)n1-c1ccc(S(=O)(=O)C(F)(F)F)cc1. The largest absolute Gasteiger partial charge is 0.501 e. The van der Waals surface area contributed by atoms with Crippen LogP contribution in [0, 0.1) is 13.8 Å². The molecule has 0 amide bonds. The molecule has 0 bridgehead atoms. The van der Waals surface area contributed by atoms with Gasteiger partial charge in [-0.1, -0.05) is 0 Å². The van der Waals surface area contributed by atoms with Crippen molar-refractivity contribution in [3.63, 3.8) is 0 Å². The fourth-order valence-electron chi connectivity index (χ4n) is 1.98. The van der Waals surface area contributed by atoms with Gasteiger partial charge in [0, 0.05) is 17.1 Å². The van der Waals surface area contributed by atoms with Gasteiger partial charge in [0.05, 0.1) is 4.90 Å². The van der Waals surface area contributed by atoms with Crippen molar-refractivity contribution in [3.05, 3.63) is 47.8 Å². The van der Waals surface area contributed by atoms with Gasteiger partial charge in [0.1, 0.15) is 0 Å². The molecule has 108 valence electrons. The fraction of sp³-hybridized carbons (Fsp3) is 0.231. The molecular weight excluding hydrogens is 291 g/mol. The summed E-state index contributed by atoms with van der Waals surface area (Å²) in [4.78, 5) is -0.754. The molecule has 0 radical (unpaired) electrons. The second-order valence-electron chi connectivity index (χ2n) is 4.39. The molecule has 0 aliphatic heterocycles. The lowest BCUT2D eigenvalue weighted by Crippen LogP contribution is -2.23. The van der Waals surface area contributed by atoms with Gasteiger partial charge in [-0.25, -0.2) is 8.42 Å². The predicted molar refractivity (Wildman–Crippen MR) is 68.5 cm³/mol. The number of nitrogens with zero attached hydrogens (tertiary/aromatic N) is 1. The summed E-state index contributed by atoms with van der Waals surface area (Å²) in [6.07, 6.45) is 0. The van der Waals surface area contributed by atoms with Crippen molar-refractivity contribution in [3.8, 4) is 5.69 Å². The molecular formula is C13H12F3NO2S. The Morgan fingerprint density at radius 2 is 1.35 bits per heavy atom. The first-order chi connectivity index (χ1) is 9.14. The highest BCUT2D eigenvalue weighted by molar-refractivity contribution is 7.92. The Balaban J connectivity index is 2.47. The Morgan fingerprint density at radius 3 is 1.75 bits per heavy atom. The van der Waals surface area contributed by atoms with Gasteiger partial charge in [-0.05, 0) is 50.2 Å². The van der Waals surface area contributed by atoms with Crippen LogP contribution in [0.25, 0.3) is 5.69 Å². The maximum absolute atomic E-state index is 12.4. The van der Waals surface area contributed by atoms with Crippen LogP contribution >= 0.6 is 0 Å². The monoisotopic (exact) mass is 303 g/mol. The van der Waals surface area contributed by atoms with E-state index in [9.17, 15) is 21.6 Å². The second-order valence-corrected chi connectivity index (χ2v) is 6.34. The van der Waals surface area contributed by atoms with Crippen molar-refractivity contribution in [1.82, 2.24) is 4.57 Å². The topological polar surface area (TPSA) is 39.1 Å². The van der Waals surface area contributed by atoms with Crippen molar-refractivity contribution in [2.24, 2.45) is 0 Å². The third-order valence-electron chi connectivity index (χ3n) is 2.98. The summed E-state index contributed by atoms with van der Waals surface area (Å²) >= 11 is 0. The minimum Gasteiger partial charge on any atom is -0.319 e. The molecule has 2 aromatic rings. The zero-order valence-electron chi connectivity index (χ0n) is 10.8. The van der Waals surface area contributed by atoms with Crippen LogP contribution in [0.4, 0.5) is 13.2 Å². The summed E-state index contributed by atoms with van der Waals surface area (Å²) in [7, 11) is -5.29. The van der Waals surface area contributed by atoms with E-state index in [1.807, 2.05) is 30.5 Å². The third kappa shape index (κ3) is 2.33. The number of aryl methyl sites for hydroxylation is 2. The standard InChI is InChI=1S/C13H12F3NO2S/c1-9-3-4-10(2)17(9)11-5-7-12(8-6-11)20(18,19)13(14,15)16/h3-8H,1-2H3. The minimum atomic E-state index is -5.29. The molecule has 0 spiro atoms. The van der Waals surface area contributed by atoms with E-state index in [1.54, 1.807) is 0 Å². The number of hydrogen-bond acceptors (Lipinski definition) is 2. The highest BCUT2D eigenvalue weighted by Crippen LogP contribution is 2.30. The molecule has 20 heavy (non-hydrogen) atoms. The van der Waals surface area contributed by atoms with E-state index in [2.05, 4.69) is 0 Å². The molecule has 2 rings (SSSR count). The molecule has 7 heteroatoms. The first-order valence-electron chi connectivity index (χ1n) is 5.71. The van der Waals surface area contributed by atoms with Gasteiger partial charge in [-0.15, -0.1) is 0 Å². The van der Waals surface area contributed by atoms with E-state index in [1.165, 1.54) is 12.1 Å². The van der Waals surface area contributed by atoms with E-state index in [4.69, 9.17) is 0 Å². The number of aromatic nitrogens is 1. The van der Waals surface area contributed by atoms with Gasteiger partial charge < -0.3 is 4.57 Å². The summed E-state index contributed by atoms with van der Waals surface area (Å²) in [5.41, 5.74) is -2.85. The molecule has 1 aromatic carbocycles. The van der Waals surface area contributed by atoms with E-state index in [0.29, 0.717) is 5.69 Å². The van der Waals surface area contributed by atoms with Crippen LogP contribution in [0.1, 0.15) is 11.4 Å². The minimum absolute atomic E-state index is 0.617. The second kappa shape index (κ2) is 4.66. The molecule has 0 aliphatic rings. The Labute approximate surface area is 114 Å². The first kappa shape index (κ1) is 14.6. The lowest BCUT2D eigenvalue weighted by Gasteiger charge is -2.11. The highest BCUT2D eigenvalue weighted by atomic mass is 32.2. The summed E-state index contributed by atoms with van der Waals surface area (Å²) in [5, 5.41) is 0. The van der Waals surface area contributed by atoms with Gasteiger partial charge in [-0.3, -0.25) is 0 Å². The average molecular weight is 303 g/mol. The molecule has 0 saturated heterocycles. The summed E-state index contributed by atoms with van der Waals surface area (Å²) in [6, 6.07) is 8.40. The van der Waals surface area contributed by atoms with Gasteiger partial charge in [0.25, 0.3) is 9.84 Å². The van der Waals surface area contributed by atoms with E-state index in [0.717, 1.165) is 23.5 Å². The predicted octanol–water partition coefficient (Wildman–Crippen LogP) is 3.39. The molecule has 1 aromatic heterocycles. The zero-order chi connectivity index (χ0) is 15.1. The first-order valence-corrected chi connectivity index (χ1v) is 7.19. The Hall–Kier alpha value is -1.76. The Kier molecular flexibility index (Phi) is 3.41. The quantitative estimate of drug-likeness (QED) is 0.853. The maximum Gasteiger partial charge on any atom is 0.501 e. The number of alkyl halides is 3. The maximum atomic E-state index is 12.4. The van der Waals surface area contributed by atoms with Crippen molar-refractivity contribution in [2.75, 3.05) is 0 Å². The van der Waals surface area contributed by atoms with Gasteiger partial charge in [-0.2, -0.15) is 13.2 Å².